The minimum atomic E-state index is -1.23. The number of benzene rings is 1. The lowest BCUT2D eigenvalue weighted by atomic mass is 10.1. The van der Waals surface area contributed by atoms with Crippen LogP contribution < -0.4 is 15.3 Å². The first-order valence-electron chi connectivity index (χ1n) is 10.5. The number of hydrogen-bond acceptors (Lipinski definition) is 11. The standard InChI is InChI=1S/C22H23N9O2S/c1-30(2)20-18-17(26-19(27-20)14-5-4-6-16-15(14)10-25-28-16)7-13(34-18)11-31(3)22-23-8-12(9-24-22)21(32)29-33/h4-10,21,29,32-33H,11H2,1-3H3,(H,25,28). The van der Waals surface area contributed by atoms with Crippen LogP contribution in [-0.4, -0.2) is 61.6 Å². The minimum absolute atomic E-state index is 0.368. The molecule has 34 heavy (non-hydrogen) atoms. The van der Waals surface area contributed by atoms with Gasteiger partial charge >= 0.3 is 0 Å². The molecule has 174 valence electrons. The highest BCUT2D eigenvalue weighted by molar-refractivity contribution is 7.19. The number of aromatic nitrogens is 6. The van der Waals surface area contributed by atoms with Crippen molar-refractivity contribution in [2.24, 2.45) is 0 Å². The van der Waals surface area contributed by atoms with Crippen molar-refractivity contribution < 1.29 is 10.3 Å². The number of aromatic amines is 1. The maximum atomic E-state index is 9.62. The van der Waals surface area contributed by atoms with Crippen LogP contribution in [0.1, 0.15) is 16.7 Å². The highest BCUT2D eigenvalue weighted by atomic mass is 32.1. The fourth-order valence-corrected chi connectivity index (χ4v) is 4.90. The Morgan fingerprint density at radius 3 is 2.65 bits per heavy atom. The van der Waals surface area contributed by atoms with Crippen molar-refractivity contribution in [1.82, 2.24) is 35.6 Å². The molecule has 4 N–H and O–H groups in total. The number of thiophene rings is 1. The van der Waals surface area contributed by atoms with Gasteiger partial charge in [-0.05, 0) is 12.1 Å². The summed E-state index contributed by atoms with van der Waals surface area (Å²) in [5, 5.41) is 26.6. The van der Waals surface area contributed by atoms with Crippen molar-refractivity contribution in [2.75, 3.05) is 30.9 Å². The number of hydroxylamine groups is 1. The van der Waals surface area contributed by atoms with Gasteiger partial charge in [0.05, 0.1) is 28.5 Å². The Labute approximate surface area is 198 Å². The highest BCUT2D eigenvalue weighted by Crippen LogP contribution is 2.35. The van der Waals surface area contributed by atoms with E-state index in [2.05, 4.69) is 26.2 Å². The Morgan fingerprint density at radius 1 is 1.12 bits per heavy atom. The lowest BCUT2D eigenvalue weighted by Crippen LogP contribution is -2.20. The quantitative estimate of drug-likeness (QED) is 0.204. The van der Waals surface area contributed by atoms with Gasteiger partial charge in [-0.2, -0.15) is 10.6 Å². The first kappa shape index (κ1) is 22.1. The third-order valence-corrected chi connectivity index (χ3v) is 6.49. The van der Waals surface area contributed by atoms with Gasteiger partial charge in [0.2, 0.25) is 5.95 Å². The minimum Gasteiger partial charge on any atom is -0.372 e. The molecule has 4 aromatic heterocycles. The maximum absolute atomic E-state index is 9.62. The molecule has 0 fully saturated rings. The largest absolute Gasteiger partial charge is 0.372 e. The Balaban J connectivity index is 1.49. The second-order valence-corrected chi connectivity index (χ2v) is 9.17. The van der Waals surface area contributed by atoms with Crippen LogP contribution in [0.2, 0.25) is 0 Å². The molecule has 1 atom stereocenters. The summed E-state index contributed by atoms with van der Waals surface area (Å²) in [6, 6.07) is 8.01. The van der Waals surface area contributed by atoms with E-state index in [-0.39, 0.29) is 0 Å². The number of aliphatic hydroxyl groups is 1. The van der Waals surface area contributed by atoms with Gasteiger partial charge in [0, 0.05) is 54.9 Å². The normalized spacial score (nSPS) is 12.4. The smallest absolute Gasteiger partial charge is 0.225 e. The Hall–Kier alpha value is -3.71. The molecule has 0 saturated carbocycles. The summed E-state index contributed by atoms with van der Waals surface area (Å²) in [7, 11) is 5.84. The molecule has 0 bridgehead atoms. The Kier molecular flexibility index (Phi) is 5.79. The van der Waals surface area contributed by atoms with Crippen LogP contribution in [0, 0.1) is 0 Å². The summed E-state index contributed by atoms with van der Waals surface area (Å²) in [4.78, 5) is 23.3. The molecule has 4 heterocycles. The number of rotatable bonds is 7. The second-order valence-electron chi connectivity index (χ2n) is 8.03. The zero-order valence-corrected chi connectivity index (χ0v) is 19.6. The monoisotopic (exact) mass is 477 g/mol. The van der Waals surface area contributed by atoms with E-state index in [0.717, 1.165) is 37.4 Å². The van der Waals surface area contributed by atoms with E-state index in [1.54, 1.807) is 23.0 Å². The number of nitrogens with zero attached hydrogens (tertiary/aromatic N) is 7. The van der Waals surface area contributed by atoms with Gasteiger partial charge < -0.3 is 20.1 Å². The highest BCUT2D eigenvalue weighted by Gasteiger charge is 2.18. The first-order valence-corrected chi connectivity index (χ1v) is 11.3. The number of H-pyrrole nitrogens is 1. The van der Waals surface area contributed by atoms with E-state index in [1.807, 2.05) is 49.1 Å². The predicted octanol–water partition coefficient (Wildman–Crippen LogP) is 2.70. The van der Waals surface area contributed by atoms with Crippen LogP contribution in [0.4, 0.5) is 11.8 Å². The Bertz CT molecular complexity index is 1450. The van der Waals surface area contributed by atoms with Crippen molar-refractivity contribution in [3.8, 4) is 11.4 Å². The lowest BCUT2D eigenvalue weighted by molar-refractivity contribution is 0.000308. The van der Waals surface area contributed by atoms with Crippen LogP contribution in [0.25, 0.3) is 32.5 Å². The van der Waals surface area contributed by atoms with Gasteiger partial charge in [-0.25, -0.2) is 19.9 Å². The number of anilines is 2. The van der Waals surface area contributed by atoms with E-state index >= 15 is 0 Å². The fraction of sp³-hybridized carbons (Fsp3) is 0.227. The predicted molar refractivity (Wildman–Crippen MR) is 131 cm³/mol. The van der Waals surface area contributed by atoms with E-state index in [1.165, 1.54) is 12.4 Å². The molecule has 0 spiro atoms. The summed E-state index contributed by atoms with van der Waals surface area (Å²) >= 11 is 1.63. The third-order valence-electron chi connectivity index (χ3n) is 5.38. The van der Waals surface area contributed by atoms with Gasteiger partial charge in [-0.1, -0.05) is 12.1 Å². The molecule has 5 rings (SSSR count). The van der Waals surface area contributed by atoms with Crippen molar-refractivity contribution in [2.45, 2.75) is 12.8 Å². The van der Waals surface area contributed by atoms with Gasteiger partial charge in [0.25, 0.3) is 0 Å². The first-order chi connectivity index (χ1) is 16.4. The van der Waals surface area contributed by atoms with Crippen molar-refractivity contribution >= 4 is 44.2 Å². The molecule has 0 aliphatic heterocycles. The molecular formula is C22H23N9O2S. The number of nitrogens with one attached hydrogen (secondary N) is 2. The SMILES string of the molecule is CN(C)c1nc(-c2cccc3[nH]ncc23)nc2cc(CN(C)c3ncc(C(O)NO)cn3)sc12. The van der Waals surface area contributed by atoms with Gasteiger partial charge in [0.15, 0.2) is 12.1 Å². The molecule has 0 aliphatic rings. The van der Waals surface area contributed by atoms with Gasteiger partial charge in [-0.15, -0.1) is 11.3 Å². The summed E-state index contributed by atoms with van der Waals surface area (Å²) < 4.78 is 1.00. The molecular weight excluding hydrogens is 454 g/mol. The van der Waals surface area contributed by atoms with E-state index in [4.69, 9.17) is 15.2 Å². The summed E-state index contributed by atoms with van der Waals surface area (Å²) in [5.41, 5.74) is 4.87. The average molecular weight is 478 g/mol. The van der Waals surface area contributed by atoms with E-state index < -0.39 is 6.23 Å². The average Bonchev–Trinajstić information content (AvgIpc) is 3.49. The third kappa shape index (κ3) is 4.03. The zero-order chi connectivity index (χ0) is 23.8. The molecule has 1 aromatic carbocycles. The summed E-state index contributed by atoms with van der Waals surface area (Å²) in [6.07, 6.45) is 3.50. The topological polar surface area (TPSA) is 139 Å². The van der Waals surface area contributed by atoms with E-state index in [9.17, 15) is 5.11 Å². The second kappa shape index (κ2) is 8.91. The summed E-state index contributed by atoms with van der Waals surface area (Å²) in [5.74, 6) is 2.00. The van der Waals surface area contributed by atoms with Crippen LogP contribution >= 0.6 is 11.3 Å². The molecule has 11 nitrogen and oxygen atoms in total. The molecule has 12 heteroatoms. The van der Waals surface area contributed by atoms with Gasteiger partial charge in [0.1, 0.15) is 5.82 Å². The molecule has 0 saturated heterocycles. The van der Waals surface area contributed by atoms with Gasteiger partial charge in [-0.3, -0.25) is 5.10 Å². The van der Waals surface area contributed by atoms with Crippen molar-refractivity contribution in [3.63, 3.8) is 0 Å². The Morgan fingerprint density at radius 2 is 1.91 bits per heavy atom. The maximum Gasteiger partial charge on any atom is 0.225 e. The number of aliphatic hydroxyl groups excluding tert-OH is 1. The molecule has 0 amide bonds. The molecule has 0 radical (unpaired) electrons. The van der Waals surface area contributed by atoms with Crippen molar-refractivity contribution in [3.05, 3.63) is 53.3 Å². The number of fused-ring (bicyclic) bond motifs is 2. The van der Waals surface area contributed by atoms with Crippen LogP contribution in [0.15, 0.2) is 42.9 Å². The van der Waals surface area contributed by atoms with Crippen LogP contribution in [-0.2, 0) is 6.54 Å². The van der Waals surface area contributed by atoms with E-state index in [0.29, 0.717) is 23.9 Å². The fourth-order valence-electron chi connectivity index (χ4n) is 3.68. The van der Waals surface area contributed by atoms with Crippen LogP contribution in [0.5, 0.6) is 0 Å². The van der Waals surface area contributed by atoms with Crippen LogP contribution in [0.3, 0.4) is 0 Å². The zero-order valence-electron chi connectivity index (χ0n) is 18.8. The summed E-state index contributed by atoms with van der Waals surface area (Å²) in [6.45, 7) is 0.570. The molecule has 5 aromatic rings. The number of hydrogen-bond donors (Lipinski definition) is 4. The molecule has 0 aliphatic carbocycles. The molecule has 1 unspecified atom stereocenters. The van der Waals surface area contributed by atoms with Crippen molar-refractivity contribution in [1.29, 1.82) is 0 Å². The lowest BCUT2D eigenvalue weighted by Gasteiger charge is -2.16.